The Morgan fingerprint density at radius 1 is 0.889 bits per heavy atom. The van der Waals surface area contributed by atoms with Crippen LogP contribution in [0.1, 0.15) is 45.6 Å². The van der Waals surface area contributed by atoms with Crippen molar-refractivity contribution < 1.29 is 34.5 Å². The van der Waals surface area contributed by atoms with Gasteiger partial charge in [0.1, 0.15) is 17.8 Å². The van der Waals surface area contributed by atoms with Gasteiger partial charge in [0.05, 0.1) is 12.1 Å². The van der Waals surface area contributed by atoms with Crippen LogP contribution in [-0.2, 0) is 25.6 Å². The van der Waals surface area contributed by atoms with Gasteiger partial charge in [-0.15, -0.1) is 0 Å². The summed E-state index contributed by atoms with van der Waals surface area (Å²) in [5.74, 6) is -3.85. The number of hydrogen-bond donors (Lipinski definition) is 8. The predicted molar refractivity (Wildman–Crippen MR) is 133 cm³/mol. The molecular formula is C24H39N5O7. The lowest BCUT2D eigenvalue weighted by Gasteiger charge is -2.27. The van der Waals surface area contributed by atoms with Crippen LogP contribution >= 0.6 is 0 Å². The molecule has 0 saturated heterocycles. The number of aliphatic hydroxyl groups excluding tert-OH is 1. The van der Waals surface area contributed by atoms with Crippen molar-refractivity contribution in [3.8, 4) is 5.75 Å². The minimum Gasteiger partial charge on any atom is -0.508 e. The SMILES string of the molecule is CC(C)C(NC(=O)C(Cc1ccc(O)cc1)NC(=O)C(N)CCCCN)C(=O)NC(C(=O)O)C(C)O. The first kappa shape index (κ1) is 30.8. The van der Waals surface area contributed by atoms with Crippen LogP contribution in [-0.4, -0.2) is 75.8 Å². The molecule has 3 amide bonds. The average Bonchev–Trinajstić information content (AvgIpc) is 2.80. The monoisotopic (exact) mass is 509 g/mol. The Morgan fingerprint density at radius 2 is 1.47 bits per heavy atom. The van der Waals surface area contributed by atoms with Crippen molar-refractivity contribution in [2.75, 3.05) is 6.54 Å². The first-order valence-electron chi connectivity index (χ1n) is 11.9. The maximum atomic E-state index is 13.2. The number of phenolic OH excluding ortho intramolecular Hbond substituents is 1. The number of carboxylic acids is 1. The van der Waals surface area contributed by atoms with E-state index in [-0.39, 0.29) is 12.2 Å². The number of carboxylic acid groups (broad SMARTS) is 1. The predicted octanol–water partition coefficient (Wildman–Crippen LogP) is -1.03. The summed E-state index contributed by atoms with van der Waals surface area (Å²) in [4.78, 5) is 50.1. The number of nitrogens with one attached hydrogen (secondary N) is 3. The smallest absolute Gasteiger partial charge is 0.328 e. The summed E-state index contributed by atoms with van der Waals surface area (Å²) in [5.41, 5.74) is 12.1. The number of nitrogens with two attached hydrogens (primary N) is 2. The number of aromatic hydroxyl groups is 1. The fourth-order valence-corrected chi connectivity index (χ4v) is 3.42. The molecule has 0 fully saturated rings. The number of aliphatic hydroxyl groups is 1. The molecule has 1 aromatic rings. The summed E-state index contributed by atoms with van der Waals surface area (Å²) in [6, 6.07) is 1.40. The van der Waals surface area contributed by atoms with Crippen molar-refractivity contribution in [3.05, 3.63) is 29.8 Å². The third-order valence-electron chi connectivity index (χ3n) is 5.61. The van der Waals surface area contributed by atoms with E-state index in [1.807, 2.05) is 0 Å². The lowest BCUT2D eigenvalue weighted by Crippen LogP contribution is -2.59. The van der Waals surface area contributed by atoms with Gasteiger partial charge in [0.25, 0.3) is 0 Å². The zero-order chi connectivity index (χ0) is 27.4. The summed E-state index contributed by atoms with van der Waals surface area (Å²) < 4.78 is 0. The number of amides is 3. The Hall–Kier alpha value is -3.22. The van der Waals surface area contributed by atoms with Crippen molar-refractivity contribution in [1.29, 1.82) is 0 Å². The Kier molecular flexibility index (Phi) is 12.9. The van der Waals surface area contributed by atoms with E-state index < -0.39 is 59.9 Å². The number of hydrogen-bond acceptors (Lipinski definition) is 8. The number of carbonyl (C=O) groups is 4. The van der Waals surface area contributed by atoms with Crippen molar-refractivity contribution in [3.63, 3.8) is 0 Å². The third kappa shape index (κ3) is 10.2. The summed E-state index contributed by atoms with van der Waals surface area (Å²) >= 11 is 0. The van der Waals surface area contributed by atoms with Gasteiger partial charge in [-0.2, -0.15) is 0 Å². The quantitative estimate of drug-likeness (QED) is 0.135. The number of benzene rings is 1. The van der Waals surface area contributed by atoms with E-state index in [2.05, 4.69) is 16.0 Å². The lowest BCUT2D eigenvalue weighted by molar-refractivity contribution is -0.145. The third-order valence-corrected chi connectivity index (χ3v) is 5.61. The van der Waals surface area contributed by atoms with E-state index in [0.717, 1.165) is 0 Å². The lowest BCUT2D eigenvalue weighted by atomic mass is 10.00. The highest BCUT2D eigenvalue weighted by atomic mass is 16.4. The van der Waals surface area contributed by atoms with Crippen molar-refractivity contribution in [2.45, 2.75) is 76.7 Å². The van der Waals surface area contributed by atoms with Gasteiger partial charge in [-0.05, 0) is 49.9 Å². The zero-order valence-electron chi connectivity index (χ0n) is 20.9. The molecule has 5 unspecified atom stereocenters. The van der Waals surface area contributed by atoms with Crippen LogP contribution in [0.4, 0.5) is 0 Å². The average molecular weight is 510 g/mol. The highest BCUT2D eigenvalue weighted by Gasteiger charge is 2.33. The van der Waals surface area contributed by atoms with Crippen LogP contribution < -0.4 is 27.4 Å². The zero-order valence-corrected chi connectivity index (χ0v) is 20.9. The van der Waals surface area contributed by atoms with Crippen molar-refractivity contribution >= 4 is 23.7 Å². The van der Waals surface area contributed by atoms with Gasteiger partial charge in [0.15, 0.2) is 6.04 Å². The topological polar surface area (TPSA) is 217 Å². The van der Waals surface area contributed by atoms with Crippen LogP contribution in [0.3, 0.4) is 0 Å². The first-order chi connectivity index (χ1) is 16.9. The van der Waals surface area contributed by atoms with Crippen LogP contribution in [0.25, 0.3) is 0 Å². The molecule has 0 aliphatic heterocycles. The van der Waals surface area contributed by atoms with Crippen LogP contribution in [0.5, 0.6) is 5.75 Å². The Morgan fingerprint density at radius 3 is 1.97 bits per heavy atom. The number of phenols is 1. The fraction of sp³-hybridized carbons (Fsp3) is 0.583. The Balaban J connectivity index is 3.07. The molecule has 0 aliphatic carbocycles. The molecule has 0 aromatic heterocycles. The van der Waals surface area contributed by atoms with E-state index in [9.17, 15) is 34.5 Å². The van der Waals surface area contributed by atoms with Crippen molar-refractivity contribution in [1.82, 2.24) is 16.0 Å². The van der Waals surface area contributed by atoms with Gasteiger partial charge in [-0.1, -0.05) is 32.4 Å². The highest BCUT2D eigenvalue weighted by molar-refractivity contribution is 5.94. The maximum Gasteiger partial charge on any atom is 0.328 e. The highest BCUT2D eigenvalue weighted by Crippen LogP contribution is 2.13. The maximum absolute atomic E-state index is 13.2. The molecule has 0 saturated carbocycles. The second-order valence-electron chi connectivity index (χ2n) is 9.12. The number of unbranched alkanes of at least 4 members (excludes halogenated alkanes) is 1. The van der Waals surface area contributed by atoms with Crippen LogP contribution in [0, 0.1) is 5.92 Å². The van der Waals surface area contributed by atoms with Crippen LogP contribution in [0.15, 0.2) is 24.3 Å². The normalized spacial score (nSPS) is 15.3. The van der Waals surface area contributed by atoms with Gasteiger partial charge in [0, 0.05) is 6.42 Å². The van der Waals surface area contributed by atoms with E-state index in [1.165, 1.54) is 19.1 Å². The Bertz CT molecular complexity index is 876. The van der Waals surface area contributed by atoms with E-state index in [0.29, 0.717) is 31.4 Å². The molecule has 0 spiro atoms. The van der Waals surface area contributed by atoms with Crippen LogP contribution in [0.2, 0.25) is 0 Å². The second-order valence-corrected chi connectivity index (χ2v) is 9.12. The second kappa shape index (κ2) is 15.0. The largest absolute Gasteiger partial charge is 0.508 e. The molecule has 0 bridgehead atoms. The van der Waals surface area contributed by atoms with Gasteiger partial charge in [-0.3, -0.25) is 14.4 Å². The van der Waals surface area contributed by atoms with Gasteiger partial charge in [0.2, 0.25) is 17.7 Å². The molecule has 10 N–H and O–H groups in total. The number of aliphatic carboxylic acids is 1. The molecule has 12 nitrogen and oxygen atoms in total. The molecule has 5 atom stereocenters. The molecule has 1 rings (SSSR count). The minimum absolute atomic E-state index is 0.0355. The summed E-state index contributed by atoms with van der Waals surface area (Å²) in [6.07, 6.45) is 0.406. The molecule has 1 aromatic carbocycles. The Labute approximate surface area is 210 Å². The fourth-order valence-electron chi connectivity index (χ4n) is 3.42. The summed E-state index contributed by atoms with van der Waals surface area (Å²) in [6.45, 7) is 5.01. The molecule has 12 heteroatoms. The van der Waals surface area contributed by atoms with Gasteiger partial charge in [-0.25, -0.2) is 4.79 Å². The summed E-state index contributed by atoms with van der Waals surface area (Å²) in [5, 5.41) is 35.9. The number of carbonyl (C=O) groups excluding carboxylic acids is 3. The summed E-state index contributed by atoms with van der Waals surface area (Å²) in [7, 11) is 0. The van der Waals surface area contributed by atoms with Gasteiger partial charge >= 0.3 is 5.97 Å². The first-order valence-corrected chi connectivity index (χ1v) is 11.9. The van der Waals surface area contributed by atoms with E-state index in [4.69, 9.17) is 11.5 Å². The van der Waals surface area contributed by atoms with Crippen molar-refractivity contribution in [2.24, 2.45) is 17.4 Å². The molecule has 36 heavy (non-hydrogen) atoms. The number of rotatable bonds is 15. The molecule has 0 aliphatic rings. The molecule has 202 valence electrons. The van der Waals surface area contributed by atoms with E-state index in [1.54, 1.807) is 26.0 Å². The standard InChI is InChI=1S/C24H39N5O7/c1-13(2)19(23(34)29-20(14(3)30)24(35)36)28-22(33)18(12-15-7-9-16(31)10-8-15)27-21(32)17(26)6-4-5-11-25/h7-10,13-14,17-20,30-31H,4-6,11-12,25-26H2,1-3H3,(H,27,32)(H,28,33)(H,29,34)(H,35,36). The van der Waals surface area contributed by atoms with Gasteiger partial charge < -0.3 is 42.7 Å². The molecular weight excluding hydrogens is 470 g/mol. The molecule has 0 radical (unpaired) electrons. The minimum atomic E-state index is -1.56. The van der Waals surface area contributed by atoms with E-state index >= 15 is 0 Å². The molecule has 0 heterocycles.